The molecule has 0 aromatic heterocycles. The van der Waals surface area contributed by atoms with Crippen molar-refractivity contribution in [2.75, 3.05) is 7.11 Å². The smallest absolute Gasteiger partial charge is 0.335 e. The molecule has 0 saturated heterocycles. The van der Waals surface area contributed by atoms with Gasteiger partial charge in [0, 0.05) is 11.6 Å². The summed E-state index contributed by atoms with van der Waals surface area (Å²) in [6.45, 7) is 7.84. The number of hydrogen-bond donors (Lipinski definition) is 0. The van der Waals surface area contributed by atoms with Gasteiger partial charge in [-0.2, -0.15) is 0 Å². The van der Waals surface area contributed by atoms with Crippen LogP contribution in [0.5, 0.6) is 0 Å². The van der Waals surface area contributed by atoms with Crippen LogP contribution in [0.1, 0.15) is 31.9 Å². The van der Waals surface area contributed by atoms with Crippen LogP contribution in [0.15, 0.2) is 48.0 Å². The molecule has 1 aromatic rings. The van der Waals surface area contributed by atoms with E-state index < -0.39 is 6.04 Å². The highest BCUT2D eigenvalue weighted by Gasteiger charge is 2.21. The molecule has 0 aliphatic heterocycles. The van der Waals surface area contributed by atoms with E-state index in [0.717, 1.165) is 12.0 Å². The number of carbonyl (C=O) groups excluding carboxylic acids is 1. The second kappa shape index (κ2) is 6.88. The lowest BCUT2D eigenvalue weighted by atomic mass is 9.91. The van der Waals surface area contributed by atoms with Crippen molar-refractivity contribution in [1.29, 1.82) is 0 Å². The van der Waals surface area contributed by atoms with Crippen LogP contribution in [-0.4, -0.2) is 19.3 Å². The fourth-order valence-electron chi connectivity index (χ4n) is 1.73. The Morgan fingerprint density at radius 2 is 2.05 bits per heavy atom. The zero-order valence-corrected chi connectivity index (χ0v) is 11.8. The molecule has 0 aliphatic rings. The lowest BCUT2D eigenvalue weighted by Crippen LogP contribution is -2.17. The third-order valence-electron chi connectivity index (χ3n) is 2.78. The topological polar surface area (TPSA) is 38.7 Å². The maximum atomic E-state index is 11.8. The first kappa shape index (κ1) is 15.2. The summed E-state index contributed by atoms with van der Waals surface area (Å²) in [6, 6.07) is 8.82. The van der Waals surface area contributed by atoms with Crippen molar-refractivity contribution in [1.82, 2.24) is 0 Å². The third-order valence-corrected chi connectivity index (χ3v) is 2.78. The van der Waals surface area contributed by atoms with E-state index in [1.807, 2.05) is 42.6 Å². The normalized spacial score (nSPS) is 13.2. The Morgan fingerprint density at radius 3 is 2.58 bits per heavy atom. The Morgan fingerprint density at radius 1 is 1.42 bits per heavy atom. The van der Waals surface area contributed by atoms with Gasteiger partial charge in [-0.1, -0.05) is 50.3 Å². The van der Waals surface area contributed by atoms with Crippen molar-refractivity contribution in [2.45, 2.75) is 26.3 Å². The van der Waals surface area contributed by atoms with E-state index in [-0.39, 0.29) is 11.4 Å². The summed E-state index contributed by atoms with van der Waals surface area (Å²) in [6.07, 6.45) is 4.46. The molecule has 0 saturated carbocycles. The van der Waals surface area contributed by atoms with Crippen LogP contribution in [0.3, 0.4) is 0 Å². The molecule has 0 heterocycles. The SMILES string of the molecule is C=CCC(C)(C)C=N[C@@H](C(=O)OC)c1ccccc1. The number of allylic oxidation sites excluding steroid dienone is 1. The Bertz CT molecular complexity index is 449. The molecule has 0 unspecified atom stereocenters. The monoisotopic (exact) mass is 259 g/mol. The Kier molecular flexibility index (Phi) is 5.49. The summed E-state index contributed by atoms with van der Waals surface area (Å²) in [4.78, 5) is 16.2. The van der Waals surface area contributed by atoms with Crippen LogP contribution < -0.4 is 0 Å². The Balaban J connectivity index is 2.97. The zero-order valence-electron chi connectivity index (χ0n) is 11.8. The van der Waals surface area contributed by atoms with Gasteiger partial charge in [-0.25, -0.2) is 4.79 Å². The summed E-state index contributed by atoms with van der Waals surface area (Å²) in [7, 11) is 1.38. The van der Waals surface area contributed by atoms with Gasteiger partial charge in [0.25, 0.3) is 0 Å². The van der Waals surface area contributed by atoms with Gasteiger partial charge in [-0.15, -0.1) is 6.58 Å². The molecule has 3 heteroatoms. The highest BCUT2D eigenvalue weighted by atomic mass is 16.5. The van der Waals surface area contributed by atoms with E-state index in [1.54, 1.807) is 0 Å². The van der Waals surface area contributed by atoms with Crippen LogP contribution in [-0.2, 0) is 9.53 Å². The summed E-state index contributed by atoms with van der Waals surface area (Å²) in [5.41, 5.74) is 0.711. The number of carbonyl (C=O) groups is 1. The van der Waals surface area contributed by atoms with E-state index in [2.05, 4.69) is 25.4 Å². The Hall–Kier alpha value is -1.90. The van der Waals surface area contributed by atoms with Crippen molar-refractivity contribution >= 4 is 12.2 Å². The minimum Gasteiger partial charge on any atom is -0.467 e. The molecule has 0 aliphatic carbocycles. The zero-order chi connectivity index (χ0) is 14.3. The number of aliphatic imine (C=N–C) groups is 1. The molecule has 0 radical (unpaired) electrons. The van der Waals surface area contributed by atoms with Gasteiger partial charge >= 0.3 is 5.97 Å². The third kappa shape index (κ3) is 4.70. The number of esters is 1. The molecule has 1 aromatic carbocycles. The number of hydrogen-bond acceptors (Lipinski definition) is 3. The van der Waals surface area contributed by atoms with Crippen molar-refractivity contribution in [3.63, 3.8) is 0 Å². The standard InChI is InChI=1S/C16H21NO2/c1-5-11-16(2,3)12-17-14(15(18)19-4)13-9-7-6-8-10-13/h5-10,12,14H,1,11H2,2-4H3/t14-/m1/s1. The number of benzene rings is 1. The number of methoxy groups -OCH3 is 1. The predicted molar refractivity (Wildman–Crippen MR) is 78.3 cm³/mol. The van der Waals surface area contributed by atoms with Gasteiger partial charge in [0.1, 0.15) is 0 Å². The second-order valence-electron chi connectivity index (χ2n) is 5.10. The molecule has 0 amide bonds. The number of ether oxygens (including phenoxy) is 1. The molecule has 0 N–H and O–H groups in total. The van der Waals surface area contributed by atoms with Gasteiger partial charge in [0.2, 0.25) is 0 Å². The molecular weight excluding hydrogens is 238 g/mol. The lowest BCUT2D eigenvalue weighted by Gasteiger charge is -2.18. The maximum absolute atomic E-state index is 11.8. The van der Waals surface area contributed by atoms with Crippen molar-refractivity contribution in [3.05, 3.63) is 48.6 Å². The highest BCUT2D eigenvalue weighted by molar-refractivity contribution is 5.80. The Labute approximate surface area is 115 Å². The van der Waals surface area contributed by atoms with Crippen LogP contribution >= 0.6 is 0 Å². The van der Waals surface area contributed by atoms with E-state index >= 15 is 0 Å². The van der Waals surface area contributed by atoms with Crippen molar-refractivity contribution < 1.29 is 9.53 Å². The minimum atomic E-state index is -0.602. The van der Waals surface area contributed by atoms with Crippen LogP contribution in [0.25, 0.3) is 0 Å². The van der Waals surface area contributed by atoms with Gasteiger partial charge < -0.3 is 4.74 Å². The fourth-order valence-corrected chi connectivity index (χ4v) is 1.73. The van der Waals surface area contributed by atoms with E-state index in [4.69, 9.17) is 4.74 Å². The molecule has 0 spiro atoms. The molecule has 0 bridgehead atoms. The van der Waals surface area contributed by atoms with E-state index in [9.17, 15) is 4.79 Å². The van der Waals surface area contributed by atoms with Crippen LogP contribution in [0, 0.1) is 5.41 Å². The van der Waals surface area contributed by atoms with Gasteiger partial charge in [0.05, 0.1) is 7.11 Å². The predicted octanol–water partition coefficient (Wildman–Crippen LogP) is 3.57. The summed E-state index contributed by atoms with van der Waals surface area (Å²) in [5.74, 6) is -0.350. The molecule has 1 atom stereocenters. The second-order valence-corrected chi connectivity index (χ2v) is 5.10. The van der Waals surface area contributed by atoms with Gasteiger partial charge in [-0.3, -0.25) is 4.99 Å². The molecule has 19 heavy (non-hydrogen) atoms. The molecule has 3 nitrogen and oxygen atoms in total. The van der Waals surface area contributed by atoms with E-state index in [1.165, 1.54) is 7.11 Å². The van der Waals surface area contributed by atoms with Gasteiger partial charge in [-0.05, 0) is 12.0 Å². The fraction of sp³-hybridized carbons (Fsp3) is 0.375. The first-order chi connectivity index (χ1) is 9.00. The average Bonchev–Trinajstić information content (AvgIpc) is 2.39. The number of nitrogens with zero attached hydrogens (tertiary/aromatic N) is 1. The molecular formula is C16H21NO2. The van der Waals surface area contributed by atoms with E-state index in [0.29, 0.717) is 0 Å². The first-order valence-corrected chi connectivity index (χ1v) is 6.28. The maximum Gasteiger partial charge on any atom is 0.335 e. The first-order valence-electron chi connectivity index (χ1n) is 6.28. The average molecular weight is 259 g/mol. The highest BCUT2D eigenvalue weighted by Crippen LogP contribution is 2.23. The summed E-state index contributed by atoms with van der Waals surface area (Å²) < 4.78 is 4.82. The van der Waals surface area contributed by atoms with Gasteiger partial charge in [0.15, 0.2) is 6.04 Å². The quantitative estimate of drug-likeness (QED) is 0.445. The summed E-state index contributed by atoms with van der Waals surface area (Å²) in [5, 5.41) is 0. The lowest BCUT2D eigenvalue weighted by molar-refractivity contribution is -0.142. The molecule has 102 valence electrons. The minimum absolute atomic E-state index is 0.122. The van der Waals surface area contributed by atoms with Crippen LogP contribution in [0.4, 0.5) is 0 Å². The molecule has 0 fully saturated rings. The van der Waals surface area contributed by atoms with Crippen LogP contribution in [0.2, 0.25) is 0 Å². The molecule has 1 rings (SSSR count). The summed E-state index contributed by atoms with van der Waals surface area (Å²) >= 11 is 0. The largest absolute Gasteiger partial charge is 0.467 e. The number of rotatable bonds is 6. The van der Waals surface area contributed by atoms with Crippen molar-refractivity contribution in [2.24, 2.45) is 10.4 Å². The van der Waals surface area contributed by atoms with Crippen molar-refractivity contribution in [3.8, 4) is 0 Å².